The maximum atomic E-state index is 12.8. The van der Waals surface area contributed by atoms with Gasteiger partial charge >= 0.3 is 0 Å². The minimum atomic E-state index is 0.118. The fraction of sp³-hybridized carbons (Fsp3) is 0.350. The summed E-state index contributed by atoms with van der Waals surface area (Å²) in [6.07, 6.45) is 2.40. The smallest absolute Gasteiger partial charge is 0.231 e. The number of amides is 1. The van der Waals surface area contributed by atoms with Crippen LogP contribution in [0.5, 0.6) is 11.5 Å². The van der Waals surface area contributed by atoms with Crippen LogP contribution < -0.4 is 14.4 Å². The van der Waals surface area contributed by atoms with Gasteiger partial charge in [-0.05, 0) is 49.1 Å². The zero-order valence-electron chi connectivity index (χ0n) is 14.5. The fourth-order valence-corrected chi connectivity index (χ4v) is 3.25. The second-order valence-electron chi connectivity index (χ2n) is 6.15. The van der Waals surface area contributed by atoms with Gasteiger partial charge in [-0.2, -0.15) is 0 Å². The molecule has 0 aliphatic carbocycles. The van der Waals surface area contributed by atoms with Crippen molar-refractivity contribution in [2.75, 3.05) is 25.7 Å². The number of carbonyl (C=O) groups excluding carboxylic acids is 1. The van der Waals surface area contributed by atoms with Crippen LogP contribution in [0.15, 0.2) is 36.4 Å². The van der Waals surface area contributed by atoms with E-state index in [9.17, 15) is 4.79 Å². The van der Waals surface area contributed by atoms with Crippen molar-refractivity contribution in [1.29, 1.82) is 0 Å². The lowest BCUT2D eigenvalue weighted by Crippen LogP contribution is -2.36. The van der Waals surface area contributed by atoms with Crippen molar-refractivity contribution in [1.82, 2.24) is 0 Å². The number of aryl methyl sites for hydroxylation is 2. The average Bonchev–Trinajstić information content (AvgIpc) is 2.60. The summed E-state index contributed by atoms with van der Waals surface area (Å²) in [5.74, 6) is 1.44. The predicted molar refractivity (Wildman–Crippen MR) is 95.1 cm³/mol. The third-order valence-corrected chi connectivity index (χ3v) is 4.46. The third-order valence-electron chi connectivity index (χ3n) is 4.46. The van der Waals surface area contributed by atoms with Gasteiger partial charge in [0.25, 0.3) is 0 Å². The molecule has 0 N–H and O–H groups in total. The molecule has 0 spiro atoms. The summed E-state index contributed by atoms with van der Waals surface area (Å²) < 4.78 is 10.6. The van der Waals surface area contributed by atoms with Crippen molar-refractivity contribution in [2.45, 2.75) is 26.2 Å². The highest BCUT2D eigenvalue weighted by atomic mass is 16.5. The Bertz CT molecular complexity index is 755. The van der Waals surface area contributed by atoms with Gasteiger partial charge in [-0.3, -0.25) is 4.79 Å². The van der Waals surface area contributed by atoms with Gasteiger partial charge in [0.1, 0.15) is 0 Å². The highest BCUT2D eigenvalue weighted by molar-refractivity contribution is 5.96. The largest absolute Gasteiger partial charge is 0.493 e. The Morgan fingerprint density at radius 3 is 2.62 bits per heavy atom. The summed E-state index contributed by atoms with van der Waals surface area (Å²) in [5, 5.41) is 0. The molecule has 2 aromatic rings. The van der Waals surface area contributed by atoms with Crippen LogP contribution in [0.25, 0.3) is 0 Å². The Kier molecular flexibility index (Phi) is 4.74. The van der Waals surface area contributed by atoms with Crippen molar-refractivity contribution in [2.24, 2.45) is 0 Å². The SMILES string of the molecule is COc1ccc(CC(=O)N2CCCc3cc(C)ccc32)cc1OC. The van der Waals surface area contributed by atoms with Crippen LogP contribution in [0.3, 0.4) is 0 Å². The van der Waals surface area contributed by atoms with Gasteiger partial charge in [-0.1, -0.05) is 23.8 Å². The quantitative estimate of drug-likeness (QED) is 0.863. The van der Waals surface area contributed by atoms with Crippen molar-refractivity contribution in [3.63, 3.8) is 0 Å². The lowest BCUT2D eigenvalue weighted by molar-refractivity contribution is -0.118. The molecule has 0 unspecified atom stereocenters. The number of hydrogen-bond donors (Lipinski definition) is 0. The van der Waals surface area contributed by atoms with Crippen LogP contribution in [-0.2, 0) is 17.6 Å². The van der Waals surface area contributed by atoms with Crippen LogP contribution >= 0.6 is 0 Å². The van der Waals surface area contributed by atoms with Crippen LogP contribution in [0, 0.1) is 6.92 Å². The summed E-state index contributed by atoms with van der Waals surface area (Å²) in [5.41, 5.74) is 4.49. The number of hydrogen-bond acceptors (Lipinski definition) is 3. The second-order valence-corrected chi connectivity index (χ2v) is 6.15. The van der Waals surface area contributed by atoms with Crippen LogP contribution in [-0.4, -0.2) is 26.7 Å². The second kappa shape index (κ2) is 6.95. The van der Waals surface area contributed by atoms with E-state index in [0.29, 0.717) is 17.9 Å². The molecule has 0 saturated carbocycles. The normalized spacial score (nSPS) is 13.4. The van der Waals surface area contributed by atoms with Crippen molar-refractivity contribution >= 4 is 11.6 Å². The molecule has 1 aliphatic heterocycles. The molecule has 0 saturated heterocycles. The first-order chi connectivity index (χ1) is 11.6. The minimum absolute atomic E-state index is 0.118. The lowest BCUT2D eigenvalue weighted by atomic mass is 9.99. The van der Waals surface area contributed by atoms with Crippen LogP contribution in [0.2, 0.25) is 0 Å². The van der Waals surface area contributed by atoms with Crippen molar-refractivity contribution in [3.8, 4) is 11.5 Å². The molecule has 4 heteroatoms. The van der Waals surface area contributed by atoms with Gasteiger partial charge < -0.3 is 14.4 Å². The van der Waals surface area contributed by atoms with Crippen molar-refractivity contribution in [3.05, 3.63) is 53.1 Å². The van der Waals surface area contributed by atoms with E-state index in [-0.39, 0.29) is 5.91 Å². The number of benzene rings is 2. The average molecular weight is 325 g/mol. The number of anilines is 1. The summed E-state index contributed by atoms with van der Waals surface area (Å²) in [6.45, 7) is 2.87. The molecule has 0 bridgehead atoms. The van der Waals surface area contributed by atoms with Crippen LogP contribution in [0.4, 0.5) is 5.69 Å². The molecule has 2 aromatic carbocycles. The lowest BCUT2D eigenvalue weighted by Gasteiger charge is -2.30. The van der Waals surface area contributed by atoms with Crippen molar-refractivity contribution < 1.29 is 14.3 Å². The molecule has 0 atom stereocenters. The van der Waals surface area contributed by atoms with E-state index in [1.807, 2.05) is 23.1 Å². The Morgan fingerprint density at radius 1 is 1.08 bits per heavy atom. The number of fused-ring (bicyclic) bond motifs is 1. The number of nitrogens with zero attached hydrogens (tertiary/aromatic N) is 1. The Morgan fingerprint density at radius 2 is 1.88 bits per heavy atom. The molecule has 0 fully saturated rings. The summed E-state index contributed by atoms with van der Waals surface area (Å²) in [7, 11) is 3.21. The van der Waals surface area contributed by atoms with E-state index in [1.165, 1.54) is 11.1 Å². The molecule has 24 heavy (non-hydrogen) atoms. The van der Waals surface area contributed by atoms with Gasteiger partial charge in [-0.15, -0.1) is 0 Å². The van der Waals surface area contributed by atoms with E-state index >= 15 is 0 Å². The zero-order chi connectivity index (χ0) is 17.1. The summed E-state index contributed by atoms with van der Waals surface area (Å²) in [6, 6.07) is 12.0. The van der Waals surface area contributed by atoms with E-state index in [2.05, 4.69) is 25.1 Å². The molecule has 126 valence electrons. The molecule has 1 heterocycles. The molecule has 0 radical (unpaired) electrons. The molecular weight excluding hydrogens is 302 g/mol. The summed E-state index contributed by atoms with van der Waals surface area (Å²) >= 11 is 0. The monoisotopic (exact) mass is 325 g/mol. The molecule has 4 nitrogen and oxygen atoms in total. The van der Waals surface area contributed by atoms with E-state index in [1.54, 1.807) is 14.2 Å². The zero-order valence-corrected chi connectivity index (χ0v) is 14.5. The predicted octanol–water partition coefficient (Wildman–Crippen LogP) is 3.53. The van der Waals surface area contributed by atoms with Gasteiger partial charge in [0, 0.05) is 12.2 Å². The maximum Gasteiger partial charge on any atom is 0.231 e. The fourth-order valence-electron chi connectivity index (χ4n) is 3.25. The Hall–Kier alpha value is -2.49. The third kappa shape index (κ3) is 3.23. The highest BCUT2D eigenvalue weighted by Crippen LogP contribution is 2.30. The van der Waals surface area contributed by atoms with Gasteiger partial charge in [0.05, 0.1) is 20.6 Å². The number of carbonyl (C=O) groups is 1. The standard InChI is InChI=1S/C20H23NO3/c1-14-6-8-17-16(11-14)5-4-10-21(17)20(22)13-15-7-9-18(23-2)19(12-15)24-3/h6-9,11-12H,4-5,10,13H2,1-3H3. The first-order valence-corrected chi connectivity index (χ1v) is 8.23. The summed E-state index contributed by atoms with van der Waals surface area (Å²) in [4.78, 5) is 14.7. The molecular formula is C20H23NO3. The Balaban J connectivity index is 1.81. The minimum Gasteiger partial charge on any atom is -0.493 e. The Labute approximate surface area is 143 Å². The van der Waals surface area contributed by atoms with E-state index < -0.39 is 0 Å². The molecule has 1 amide bonds. The van der Waals surface area contributed by atoms with Gasteiger partial charge in [-0.25, -0.2) is 0 Å². The first kappa shape index (κ1) is 16.4. The molecule has 0 aromatic heterocycles. The molecule has 3 rings (SSSR count). The van der Waals surface area contributed by atoms with Crippen LogP contribution in [0.1, 0.15) is 23.1 Å². The number of ether oxygens (including phenoxy) is 2. The number of rotatable bonds is 4. The molecule has 1 aliphatic rings. The topological polar surface area (TPSA) is 38.8 Å². The van der Waals surface area contributed by atoms with Gasteiger partial charge in [0.15, 0.2) is 11.5 Å². The maximum absolute atomic E-state index is 12.8. The van der Waals surface area contributed by atoms with E-state index in [4.69, 9.17) is 9.47 Å². The van der Waals surface area contributed by atoms with Gasteiger partial charge in [0.2, 0.25) is 5.91 Å². The number of methoxy groups -OCH3 is 2. The first-order valence-electron chi connectivity index (χ1n) is 8.23. The van der Waals surface area contributed by atoms with E-state index in [0.717, 1.165) is 30.6 Å². The highest BCUT2D eigenvalue weighted by Gasteiger charge is 2.22.